The lowest BCUT2D eigenvalue weighted by Gasteiger charge is -2.22. The van der Waals surface area contributed by atoms with E-state index in [1.54, 1.807) is 6.07 Å². The number of amides is 1. The first-order chi connectivity index (χ1) is 21.5. The van der Waals surface area contributed by atoms with Gasteiger partial charge in [0.25, 0.3) is 11.5 Å². The molecule has 45 heavy (non-hydrogen) atoms. The molecule has 1 aliphatic carbocycles. The van der Waals surface area contributed by atoms with E-state index < -0.39 is 17.2 Å². The van der Waals surface area contributed by atoms with E-state index in [1.165, 1.54) is 20.2 Å². The molecule has 1 aromatic heterocycles. The molecule has 1 aliphatic rings. The number of aromatic amines is 1. The standard InChI is InChI=1S/C35H37FN4O5/c1-20-25(23-15-30(36)29(32(16-23)45-5)19-39(3)18-22-12-13-24(41)14-22)8-6-9-26(20)27-10-7-11-31(21(27)2)38-33(42)28-17-37-35(44)40(4)34(28)43/h6-11,15-17,22H,12-14,18-19H2,1-5H3,(H,37,44)(H,38,42)/t22-/m1/s1. The highest BCUT2D eigenvalue weighted by molar-refractivity contribution is 6.04. The van der Waals surface area contributed by atoms with Crippen LogP contribution in [0, 0.1) is 25.6 Å². The zero-order chi connectivity index (χ0) is 32.4. The molecule has 0 unspecified atom stereocenters. The number of methoxy groups -OCH3 is 1. The molecule has 1 fully saturated rings. The number of carbonyl (C=O) groups is 2. The van der Waals surface area contributed by atoms with Crippen LogP contribution in [-0.4, -0.2) is 46.8 Å². The topological polar surface area (TPSA) is 114 Å². The van der Waals surface area contributed by atoms with Gasteiger partial charge in [-0.05, 0) is 84.8 Å². The monoisotopic (exact) mass is 612 g/mol. The molecule has 2 N–H and O–H groups in total. The number of aromatic nitrogens is 2. The van der Waals surface area contributed by atoms with Crippen molar-refractivity contribution in [3.05, 3.63) is 104 Å². The summed E-state index contributed by atoms with van der Waals surface area (Å²) >= 11 is 0. The summed E-state index contributed by atoms with van der Waals surface area (Å²) in [6, 6.07) is 14.7. The van der Waals surface area contributed by atoms with Gasteiger partial charge in [-0.2, -0.15) is 0 Å². The minimum atomic E-state index is -0.695. The number of anilines is 1. The van der Waals surface area contributed by atoms with Crippen molar-refractivity contribution in [3.8, 4) is 28.0 Å². The first kappa shape index (κ1) is 31.6. The number of benzene rings is 3. The third-order valence-corrected chi connectivity index (χ3v) is 8.66. The maximum atomic E-state index is 15.7. The number of Topliss-reactive ketones (excluding diaryl/α,β-unsaturated/α-hetero) is 1. The number of H-pyrrole nitrogens is 1. The highest BCUT2D eigenvalue weighted by Gasteiger charge is 2.24. The lowest BCUT2D eigenvalue weighted by Crippen LogP contribution is -2.37. The molecule has 0 spiro atoms. The predicted octanol–water partition coefficient (Wildman–Crippen LogP) is 5.23. The SMILES string of the molecule is COc1cc(-c2cccc(-c3cccc(NC(=O)c4c[nH]c(=O)n(C)c4=O)c3C)c2C)cc(F)c1CN(C)C[C@@H]1CCC(=O)C1. The van der Waals surface area contributed by atoms with Gasteiger partial charge in [-0.1, -0.05) is 30.3 Å². The van der Waals surface area contributed by atoms with Crippen LogP contribution >= 0.6 is 0 Å². The Morgan fingerprint density at radius 2 is 1.76 bits per heavy atom. The summed E-state index contributed by atoms with van der Waals surface area (Å²) in [6.45, 7) is 4.92. The van der Waals surface area contributed by atoms with Gasteiger partial charge in [0.2, 0.25) is 0 Å². The molecule has 1 saturated carbocycles. The lowest BCUT2D eigenvalue weighted by molar-refractivity contribution is -0.117. The number of rotatable bonds is 9. The molecule has 3 aromatic carbocycles. The largest absolute Gasteiger partial charge is 0.496 e. The van der Waals surface area contributed by atoms with Gasteiger partial charge in [-0.3, -0.25) is 19.0 Å². The summed E-state index contributed by atoms with van der Waals surface area (Å²) in [5.41, 5.74) is 4.45. The third-order valence-electron chi connectivity index (χ3n) is 8.66. The quantitative estimate of drug-likeness (QED) is 0.268. The number of ketones is 1. The number of nitrogens with zero attached hydrogens (tertiary/aromatic N) is 2. The molecule has 234 valence electrons. The fraction of sp³-hybridized carbons (Fsp3) is 0.314. The number of hydrogen-bond acceptors (Lipinski definition) is 6. The first-order valence-corrected chi connectivity index (χ1v) is 14.8. The van der Waals surface area contributed by atoms with E-state index in [0.29, 0.717) is 53.7 Å². The van der Waals surface area contributed by atoms with E-state index in [-0.39, 0.29) is 11.4 Å². The second-order valence-corrected chi connectivity index (χ2v) is 11.8. The maximum absolute atomic E-state index is 15.7. The van der Waals surface area contributed by atoms with Crippen molar-refractivity contribution in [1.82, 2.24) is 14.5 Å². The van der Waals surface area contributed by atoms with E-state index in [1.807, 2.05) is 62.2 Å². The Morgan fingerprint density at radius 1 is 1.07 bits per heavy atom. The Balaban J connectivity index is 1.43. The Bertz CT molecular complexity index is 1910. The van der Waals surface area contributed by atoms with Crippen molar-refractivity contribution >= 4 is 17.4 Å². The summed E-state index contributed by atoms with van der Waals surface area (Å²) in [4.78, 5) is 53.3. The van der Waals surface area contributed by atoms with E-state index in [0.717, 1.165) is 51.5 Å². The summed E-state index contributed by atoms with van der Waals surface area (Å²) in [6.07, 6.45) is 3.20. The molecule has 0 saturated heterocycles. The van der Waals surface area contributed by atoms with Gasteiger partial charge in [-0.25, -0.2) is 9.18 Å². The second kappa shape index (κ2) is 13.0. The molecule has 1 amide bonds. The minimum absolute atomic E-state index is 0.181. The van der Waals surface area contributed by atoms with Crippen molar-refractivity contribution in [2.24, 2.45) is 13.0 Å². The number of halogens is 1. The molecular formula is C35H37FN4O5. The highest BCUT2D eigenvalue weighted by Crippen LogP contribution is 2.38. The van der Waals surface area contributed by atoms with Crippen LogP contribution in [0.5, 0.6) is 5.75 Å². The van der Waals surface area contributed by atoms with Crippen LogP contribution in [0.4, 0.5) is 10.1 Å². The van der Waals surface area contributed by atoms with Gasteiger partial charge >= 0.3 is 5.69 Å². The fourth-order valence-corrected chi connectivity index (χ4v) is 6.15. The van der Waals surface area contributed by atoms with Crippen molar-refractivity contribution in [2.75, 3.05) is 26.0 Å². The van der Waals surface area contributed by atoms with Crippen LogP contribution in [0.15, 0.2) is 64.3 Å². The highest BCUT2D eigenvalue weighted by atomic mass is 19.1. The maximum Gasteiger partial charge on any atom is 0.328 e. The summed E-state index contributed by atoms with van der Waals surface area (Å²) in [5.74, 6) is 0.0512. The molecule has 0 radical (unpaired) electrons. The Morgan fingerprint density at radius 3 is 2.44 bits per heavy atom. The number of nitrogens with one attached hydrogen (secondary N) is 2. The van der Waals surface area contributed by atoms with Gasteiger partial charge in [0, 0.05) is 50.4 Å². The fourth-order valence-electron chi connectivity index (χ4n) is 6.15. The van der Waals surface area contributed by atoms with Crippen LogP contribution in [0.1, 0.15) is 46.3 Å². The molecule has 1 atom stereocenters. The van der Waals surface area contributed by atoms with E-state index >= 15 is 4.39 Å². The average Bonchev–Trinajstić information content (AvgIpc) is 3.42. The Kier molecular flexibility index (Phi) is 9.15. The molecule has 9 nitrogen and oxygen atoms in total. The average molecular weight is 613 g/mol. The smallest absolute Gasteiger partial charge is 0.328 e. The minimum Gasteiger partial charge on any atom is -0.496 e. The Labute approximate surface area is 260 Å². The van der Waals surface area contributed by atoms with Gasteiger partial charge < -0.3 is 19.9 Å². The van der Waals surface area contributed by atoms with Crippen molar-refractivity contribution < 1.29 is 18.7 Å². The van der Waals surface area contributed by atoms with E-state index in [2.05, 4.69) is 10.3 Å². The third kappa shape index (κ3) is 6.51. The number of carbonyl (C=O) groups excluding carboxylic acids is 2. The molecule has 10 heteroatoms. The van der Waals surface area contributed by atoms with Gasteiger partial charge in [0.1, 0.15) is 22.9 Å². The van der Waals surface area contributed by atoms with Crippen LogP contribution in [0.25, 0.3) is 22.3 Å². The molecule has 0 aliphatic heterocycles. The Hall–Kier alpha value is -4.83. The molecule has 4 aromatic rings. The van der Waals surface area contributed by atoms with E-state index in [4.69, 9.17) is 4.74 Å². The van der Waals surface area contributed by atoms with Crippen molar-refractivity contribution in [3.63, 3.8) is 0 Å². The number of hydrogen-bond donors (Lipinski definition) is 2. The summed E-state index contributed by atoms with van der Waals surface area (Å²) in [7, 11) is 4.77. The van der Waals surface area contributed by atoms with Crippen LogP contribution in [-0.2, 0) is 18.4 Å². The van der Waals surface area contributed by atoms with Crippen LogP contribution in [0.2, 0.25) is 0 Å². The van der Waals surface area contributed by atoms with Crippen LogP contribution < -0.4 is 21.3 Å². The zero-order valence-corrected chi connectivity index (χ0v) is 26.1. The normalized spacial score (nSPS) is 14.6. The summed E-state index contributed by atoms with van der Waals surface area (Å²) < 4.78 is 22.2. The van der Waals surface area contributed by atoms with Gasteiger partial charge in [0.05, 0.1) is 7.11 Å². The predicted molar refractivity (Wildman–Crippen MR) is 172 cm³/mol. The zero-order valence-electron chi connectivity index (χ0n) is 26.1. The summed E-state index contributed by atoms with van der Waals surface area (Å²) in [5, 5.41) is 2.80. The second-order valence-electron chi connectivity index (χ2n) is 11.8. The molecule has 1 heterocycles. The first-order valence-electron chi connectivity index (χ1n) is 14.8. The number of ether oxygens (including phenoxy) is 1. The van der Waals surface area contributed by atoms with E-state index in [9.17, 15) is 19.2 Å². The van der Waals surface area contributed by atoms with Gasteiger partial charge in [0.15, 0.2) is 0 Å². The van der Waals surface area contributed by atoms with Crippen molar-refractivity contribution in [2.45, 2.75) is 39.7 Å². The molecule has 5 rings (SSSR count). The van der Waals surface area contributed by atoms with Gasteiger partial charge in [-0.15, -0.1) is 0 Å². The lowest BCUT2D eigenvalue weighted by atomic mass is 9.90. The molecular weight excluding hydrogens is 575 g/mol. The molecule has 0 bridgehead atoms. The van der Waals surface area contributed by atoms with Crippen LogP contribution in [0.3, 0.4) is 0 Å². The van der Waals surface area contributed by atoms with Crippen molar-refractivity contribution in [1.29, 1.82) is 0 Å².